The number of ether oxygens (including phenoxy) is 1. The molecule has 0 bridgehead atoms. The van der Waals surface area contributed by atoms with E-state index in [0.29, 0.717) is 0 Å². The van der Waals surface area contributed by atoms with Crippen molar-refractivity contribution < 1.29 is 35.9 Å². The fraction of sp³-hybridized carbons (Fsp3) is 0.318. The average molecular weight is 463 g/mol. The van der Waals surface area contributed by atoms with Crippen LogP contribution in [0.25, 0.3) is 11.1 Å². The Morgan fingerprint density at radius 1 is 1.16 bits per heavy atom. The second-order valence-electron chi connectivity index (χ2n) is 7.84. The molecule has 0 aromatic heterocycles. The minimum atomic E-state index is -4.74. The van der Waals surface area contributed by atoms with Crippen molar-refractivity contribution in [1.82, 2.24) is 0 Å². The lowest BCUT2D eigenvalue weighted by molar-refractivity contribution is -0.147. The Morgan fingerprint density at radius 2 is 1.84 bits per heavy atom. The third-order valence-corrected chi connectivity index (χ3v) is 5.78. The first kappa shape index (κ1) is 23.2. The van der Waals surface area contributed by atoms with Crippen LogP contribution in [0.5, 0.6) is 0 Å². The van der Waals surface area contributed by atoms with E-state index in [1.807, 2.05) is 0 Å². The molecule has 2 aromatic carbocycles. The van der Waals surface area contributed by atoms with Crippen LogP contribution in [0.1, 0.15) is 19.4 Å². The molecule has 0 amide bonds. The SMILES string of the molecule is CC1(C)C(C=C(Cl)C(F)(F)F)C1C(=O)OCc1c(F)ccc(-c2cccc(F)c2)c1F. The normalized spacial score (nSPS) is 20.5. The predicted octanol–water partition coefficient (Wildman–Crippen LogP) is 6.77. The second-order valence-corrected chi connectivity index (χ2v) is 8.25. The van der Waals surface area contributed by atoms with Gasteiger partial charge in [-0.3, -0.25) is 4.79 Å². The van der Waals surface area contributed by atoms with E-state index in [9.17, 15) is 31.1 Å². The number of hydrogen-bond donors (Lipinski definition) is 0. The van der Waals surface area contributed by atoms with Crippen molar-refractivity contribution in [2.24, 2.45) is 17.3 Å². The number of benzene rings is 2. The molecule has 2 unspecified atom stereocenters. The van der Waals surface area contributed by atoms with Crippen LogP contribution >= 0.6 is 11.6 Å². The fourth-order valence-electron chi connectivity index (χ4n) is 3.53. The molecule has 0 radical (unpaired) electrons. The second kappa shape index (κ2) is 8.22. The van der Waals surface area contributed by atoms with Gasteiger partial charge in [-0.1, -0.05) is 43.7 Å². The summed E-state index contributed by atoms with van der Waals surface area (Å²) in [6.07, 6.45) is -3.99. The van der Waals surface area contributed by atoms with E-state index in [4.69, 9.17) is 16.3 Å². The topological polar surface area (TPSA) is 26.3 Å². The van der Waals surface area contributed by atoms with Gasteiger partial charge in [0.1, 0.15) is 29.1 Å². The van der Waals surface area contributed by atoms with Crippen LogP contribution in [0.2, 0.25) is 0 Å². The summed E-state index contributed by atoms with van der Waals surface area (Å²) >= 11 is 5.25. The first-order valence-corrected chi connectivity index (χ1v) is 9.55. The zero-order chi connectivity index (χ0) is 23.1. The molecule has 1 aliphatic rings. The number of hydrogen-bond acceptors (Lipinski definition) is 2. The number of halogens is 7. The molecule has 166 valence electrons. The van der Waals surface area contributed by atoms with Gasteiger partial charge in [0.15, 0.2) is 0 Å². The van der Waals surface area contributed by atoms with Gasteiger partial charge in [-0.15, -0.1) is 0 Å². The molecule has 3 rings (SSSR count). The van der Waals surface area contributed by atoms with Gasteiger partial charge in [-0.2, -0.15) is 13.2 Å². The standard InChI is InChI=1S/C22H17ClF6O2/c1-21(2)15(9-17(23)22(27,28)29)18(21)20(30)31-10-14-16(25)7-6-13(19(14)26)11-4-3-5-12(24)8-11/h3-9,15,18H,10H2,1-2H3. The highest BCUT2D eigenvalue weighted by Crippen LogP contribution is 2.60. The molecule has 0 spiro atoms. The molecule has 31 heavy (non-hydrogen) atoms. The Labute approximate surface area is 179 Å². The lowest BCUT2D eigenvalue weighted by Crippen LogP contribution is -2.12. The average Bonchev–Trinajstić information content (AvgIpc) is 3.20. The summed E-state index contributed by atoms with van der Waals surface area (Å²) in [5.41, 5.74) is -1.32. The summed E-state index contributed by atoms with van der Waals surface area (Å²) in [4.78, 5) is 12.4. The molecule has 2 atom stereocenters. The molecule has 1 fully saturated rings. The van der Waals surface area contributed by atoms with E-state index in [0.717, 1.165) is 24.3 Å². The summed E-state index contributed by atoms with van der Waals surface area (Å²) in [5.74, 6) is -5.28. The Bertz CT molecular complexity index is 1040. The quantitative estimate of drug-likeness (QED) is 0.362. The number of alkyl halides is 3. The van der Waals surface area contributed by atoms with Crippen molar-refractivity contribution in [3.8, 4) is 11.1 Å². The third-order valence-electron chi connectivity index (χ3n) is 5.44. The summed E-state index contributed by atoms with van der Waals surface area (Å²) in [7, 11) is 0. The van der Waals surface area contributed by atoms with Crippen molar-refractivity contribution >= 4 is 17.6 Å². The van der Waals surface area contributed by atoms with Crippen LogP contribution in [-0.2, 0) is 16.1 Å². The van der Waals surface area contributed by atoms with Gasteiger partial charge in [0.25, 0.3) is 0 Å². The Kier molecular flexibility index (Phi) is 6.15. The molecule has 9 heteroatoms. The molecule has 0 aliphatic heterocycles. The minimum Gasteiger partial charge on any atom is -0.460 e. The highest BCUT2D eigenvalue weighted by Gasteiger charge is 2.62. The highest BCUT2D eigenvalue weighted by molar-refractivity contribution is 6.30. The smallest absolute Gasteiger partial charge is 0.426 e. The van der Waals surface area contributed by atoms with Gasteiger partial charge in [0, 0.05) is 5.56 Å². The Balaban J connectivity index is 1.77. The van der Waals surface area contributed by atoms with Gasteiger partial charge in [-0.05, 0) is 41.2 Å². The van der Waals surface area contributed by atoms with Crippen LogP contribution in [0.15, 0.2) is 47.5 Å². The van der Waals surface area contributed by atoms with E-state index in [-0.39, 0.29) is 11.1 Å². The largest absolute Gasteiger partial charge is 0.460 e. The lowest BCUT2D eigenvalue weighted by atomic mass is 10.0. The van der Waals surface area contributed by atoms with Crippen molar-refractivity contribution in [3.05, 3.63) is 70.5 Å². The van der Waals surface area contributed by atoms with Gasteiger partial charge in [-0.25, -0.2) is 13.2 Å². The van der Waals surface area contributed by atoms with Crippen molar-refractivity contribution in [1.29, 1.82) is 0 Å². The van der Waals surface area contributed by atoms with E-state index < -0.39 is 64.1 Å². The highest BCUT2D eigenvalue weighted by atomic mass is 35.5. The minimum absolute atomic E-state index is 0.0866. The molecular formula is C22H17ClF6O2. The maximum absolute atomic E-state index is 14.8. The Morgan fingerprint density at radius 3 is 2.45 bits per heavy atom. The monoisotopic (exact) mass is 462 g/mol. The molecule has 2 nitrogen and oxygen atoms in total. The maximum atomic E-state index is 14.8. The first-order chi connectivity index (χ1) is 14.3. The summed E-state index contributed by atoms with van der Waals surface area (Å²) in [6, 6.07) is 7.13. The van der Waals surface area contributed by atoms with Crippen LogP contribution in [0, 0.1) is 34.7 Å². The molecule has 0 saturated heterocycles. The zero-order valence-electron chi connectivity index (χ0n) is 16.4. The Hall–Kier alpha value is -2.48. The summed E-state index contributed by atoms with van der Waals surface area (Å²) < 4.78 is 85.4. The van der Waals surface area contributed by atoms with Crippen molar-refractivity contribution in [2.45, 2.75) is 26.6 Å². The summed E-state index contributed by atoms with van der Waals surface area (Å²) in [5, 5.41) is -1.35. The van der Waals surface area contributed by atoms with Crippen LogP contribution in [0.4, 0.5) is 26.3 Å². The maximum Gasteiger partial charge on any atom is 0.426 e. The van der Waals surface area contributed by atoms with Crippen molar-refractivity contribution in [3.63, 3.8) is 0 Å². The van der Waals surface area contributed by atoms with Gasteiger partial charge < -0.3 is 4.74 Å². The molecule has 2 aromatic rings. The van der Waals surface area contributed by atoms with E-state index in [1.165, 1.54) is 18.2 Å². The van der Waals surface area contributed by atoms with E-state index in [2.05, 4.69) is 0 Å². The fourth-order valence-corrected chi connectivity index (χ4v) is 3.67. The number of carbonyl (C=O) groups is 1. The van der Waals surface area contributed by atoms with Crippen molar-refractivity contribution in [2.75, 3.05) is 0 Å². The number of rotatable bonds is 5. The molecule has 0 heterocycles. The third kappa shape index (κ3) is 4.74. The van der Waals surface area contributed by atoms with Gasteiger partial charge in [0.2, 0.25) is 0 Å². The lowest BCUT2D eigenvalue weighted by Gasteiger charge is -2.11. The zero-order valence-corrected chi connectivity index (χ0v) is 17.1. The van der Waals surface area contributed by atoms with Crippen LogP contribution < -0.4 is 0 Å². The number of esters is 1. The predicted molar refractivity (Wildman–Crippen MR) is 102 cm³/mol. The van der Waals surface area contributed by atoms with Crippen LogP contribution in [-0.4, -0.2) is 12.1 Å². The molecule has 1 saturated carbocycles. The van der Waals surface area contributed by atoms with Gasteiger partial charge >= 0.3 is 12.1 Å². The van der Waals surface area contributed by atoms with Crippen LogP contribution in [0.3, 0.4) is 0 Å². The van der Waals surface area contributed by atoms with E-state index >= 15 is 0 Å². The first-order valence-electron chi connectivity index (χ1n) is 9.18. The molecule has 0 N–H and O–H groups in total. The molecular weight excluding hydrogens is 446 g/mol. The summed E-state index contributed by atoms with van der Waals surface area (Å²) in [6.45, 7) is 2.36. The number of carbonyl (C=O) groups excluding carboxylic acids is 1. The number of allylic oxidation sites excluding steroid dienone is 2. The molecule has 1 aliphatic carbocycles. The van der Waals surface area contributed by atoms with E-state index in [1.54, 1.807) is 13.8 Å². The van der Waals surface area contributed by atoms with Gasteiger partial charge in [0.05, 0.1) is 11.5 Å².